The van der Waals surface area contributed by atoms with E-state index in [1.165, 1.54) is 55.9 Å². The maximum absolute atomic E-state index is 4.65. The van der Waals surface area contributed by atoms with Crippen LogP contribution in [0.3, 0.4) is 0 Å². The van der Waals surface area contributed by atoms with Crippen molar-refractivity contribution in [2.75, 3.05) is 5.75 Å². The van der Waals surface area contributed by atoms with E-state index in [9.17, 15) is 0 Å². The van der Waals surface area contributed by atoms with Crippen molar-refractivity contribution < 1.29 is 0 Å². The minimum atomic E-state index is 0.839. The molecule has 1 saturated heterocycles. The van der Waals surface area contributed by atoms with Crippen molar-refractivity contribution in [3.63, 3.8) is 0 Å². The molecule has 1 fully saturated rings. The Morgan fingerprint density at radius 1 is 1.50 bits per heavy atom. The van der Waals surface area contributed by atoms with E-state index < -0.39 is 0 Å². The summed E-state index contributed by atoms with van der Waals surface area (Å²) in [5.41, 5.74) is 1.47. The minimum absolute atomic E-state index is 0.839. The molecule has 16 heavy (non-hydrogen) atoms. The zero-order valence-electron chi connectivity index (χ0n) is 9.98. The van der Waals surface area contributed by atoms with Gasteiger partial charge in [-0.05, 0) is 37.4 Å². The number of nitrogens with zero attached hydrogens (tertiary/aromatic N) is 2. The van der Waals surface area contributed by atoms with Crippen molar-refractivity contribution in [1.82, 2.24) is 9.55 Å². The van der Waals surface area contributed by atoms with Gasteiger partial charge in [-0.3, -0.25) is 0 Å². The molecule has 3 rings (SSSR count). The average molecular weight is 236 g/mol. The van der Waals surface area contributed by atoms with E-state index in [0.717, 1.165) is 11.2 Å². The lowest BCUT2D eigenvalue weighted by Gasteiger charge is -2.22. The molecule has 3 heterocycles. The second kappa shape index (κ2) is 4.44. The molecule has 88 valence electrons. The number of fused-ring (bicyclic) bond motifs is 1. The van der Waals surface area contributed by atoms with Crippen LogP contribution in [0.2, 0.25) is 0 Å². The van der Waals surface area contributed by atoms with Gasteiger partial charge in [-0.15, -0.1) is 0 Å². The van der Waals surface area contributed by atoms with Crippen LogP contribution in [0, 0.1) is 5.92 Å². The van der Waals surface area contributed by atoms with Crippen LogP contribution >= 0.6 is 11.8 Å². The molecule has 0 aliphatic carbocycles. The molecule has 2 aliphatic heterocycles. The molecule has 3 heteroatoms. The van der Waals surface area contributed by atoms with Crippen LogP contribution in [0.4, 0.5) is 0 Å². The van der Waals surface area contributed by atoms with Crippen molar-refractivity contribution in [1.29, 1.82) is 0 Å². The molecular formula is C13H20N2S. The third kappa shape index (κ3) is 2.02. The summed E-state index contributed by atoms with van der Waals surface area (Å²) in [6, 6.07) is 0. The smallest absolute Gasteiger partial charge is 0.109 e. The Hall–Kier alpha value is -0.440. The van der Waals surface area contributed by atoms with Crippen molar-refractivity contribution in [2.24, 2.45) is 5.92 Å². The Kier molecular flexibility index (Phi) is 2.97. The fourth-order valence-corrected chi connectivity index (χ4v) is 4.14. The number of hydrogen-bond acceptors (Lipinski definition) is 2. The van der Waals surface area contributed by atoms with E-state index in [1.54, 1.807) is 0 Å². The van der Waals surface area contributed by atoms with Gasteiger partial charge in [0.15, 0.2) is 0 Å². The molecule has 1 aromatic rings. The standard InChI is InChI=1S/C13H20N2S/c1-10-4-5-15-11(7-10)9-14-13(15)8-12-3-2-6-16-12/h9-10,12H,2-8H2,1H3. The quantitative estimate of drug-likeness (QED) is 0.786. The highest BCUT2D eigenvalue weighted by molar-refractivity contribution is 8.00. The van der Waals surface area contributed by atoms with Gasteiger partial charge in [0.05, 0.1) is 0 Å². The molecule has 0 N–H and O–H groups in total. The fraction of sp³-hybridized carbons (Fsp3) is 0.769. The first-order valence-corrected chi connectivity index (χ1v) is 7.52. The summed E-state index contributed by atoms with van der Waals surface area (Å²) in [5.74, 6) is 3.55. The maximum Gasteiger partial charge on any atom is 0.109 e. The van der Waals surface area contributed by atoms with Gasteiger partial charge in [0, 0.05) is 30.1 Å². The Labute approximate surface area is 102 Å². The summed E-state index contributed by atoms with van der Waals surface area (Å²) in [4.78, 5) is 4.65. The second-order valence-electron chi connectivity index (χ2n) is 5.25. The molecule has 2 atom stereocenters. The maximum atomic E-state index is 4.65. The van der Waals surface area contributed by atoms with E-state index >= 15 is 0 Å². The molecule has 2 unspecified atom stereocenters. The van der Waals surface area contributed by atoms with Gasteiger partial charge in [0.1, 0.15) is 5.82 Å². The van der Waals surface area contributed by atoms with E-state index in [0.29, 0.717) is 0 Å². The first-order valence-electron chi connectivity index (χ1n) is 6.48. The predicted molar refractivity (Wildman–Crippen MR) is 68.9 cm³/mol. The lowest BCUT2D eigenvalue weighted by molar-refractivity contribution is 0.408. The number of hydrogen-bond donors (Lipinski definition) is 0. The molecule has 2 nitrogen and oxygen atoms in total. The van der Waals surface area contributed by atoms with Gasteiger partial charge < -0.3 is 4.57 Å². The fourth-order valence-electron chi connectivity index (χ4n) is 2.87. The van der Waals surface area contributed by atoms with Crippen LogP contribution in [-0.4, -0.2) is 20.6 Å². The van der Waals surface area contributed by atoms with E-state index in [1.807, 2.05) is 0 Å². The number of thioether (sulfide) groups is 1. The van der Waals surface area contributed by atoms with Crippen molar-refractivity contribution in [2.45, 2.75) is 50.8 Å². The molecule has 0 radical (unpaired) electrons. The Balaban J connectivity index is 1.75. The highest BCUT2D eigenvalue weighted by atomic mass is 32.2. The van der Waals surface area contributed by atoms with Crippen LogP contribution in [0.15, 0.2) is 6.20 Å². The van der Waals surface area contributed by atoms with Crippen molar-refractivity contribution in [3.8, 4) is 0 Å². The third-order valence-electron chi connectivity index (χ3n) is 3.86. The van der Waals surface area contributed by atoms with E-state index in [2.05, 4.69) is 34.4 Å². The van der Waals surface area contributed by atoms with Crippen LogP contribution in [0.1, 0.15) is 37.7 Å². The summed E-state index contributed by atoms with van der Waals surface area (Å²) in [7, 11) is 0. The van der Waals surface area contributed by atoms with Crippen LogP contribution < -0.4 is 0 Å². The van der Waals surface area contributed by atoms with Gasteiger partial charge in [-0.25, -0.2) is 4.98 Å². The third-order valence-corrected chi connectivity index (χ3v) is 5.26. The van der Waals surface area contributed by atoms with Gasteiger partial charge >= 0.3 is 0 Å². The summed E-state index contributed by atoms with van der Waals surface area (Å²) in [6.07, 6.45) is 8.66. The highest BCUT2D eigenvalue weighted by Gasteiger charge is 2.22. The molecule has 0 spiro atoms. The van der Waals surface area contributed by atoms with Gasteiger partial charge in [-0.2, -0.15) is 11.8 Å². The Morgan fingerprint density at radius 3 is 3.25 bits per heavy atom. The Morgan fingerprint density at radius 2 is 2.44 bits per heavy atom. The molecule has 0 amide bonds. The summed E-state index contributed by atoms with van der Waals surface area (Å²) in [5, 5.41) is 0.839. The van der Waals surface area contributed by atoms with Gasteiger partial charge in [-0.1, -0.05) is 6.92 Å². The zero-order valence-corrected chi connectivity index (χ0v) is 10.8. The van der Waals surface area contributed by atoms with Gasteiger partial charge in [0.2, 0.25) is 0 Å². The Bertz CT molecular complexity index is 366. The summed E-state index contributed by atoms with van der Waals surface area (Å²) in [6.45, 7) is 3.55. The van der Waals surface area contributed by atoms with Crippen LogP contribution in [0.5, 0.6) is 0 Å². The molecular weight excluding hydrogens is 216 g/mol. The minimum Gasteiger partial charge on any atom is -0.332 e. The predicted octanol–water partition coefficient (Wildman–Crippen LogP) is 2.90. The number of rotatable bonds is 2. The van der Waals surface area contributed by atoms with Crippen LogP contribution in [-0.2, 0) is 19.4 Å². The molecule has 0 saturated carbocycles. The van der Waals surface area contributed by atoms with Crippen LogP contribution in [0.25, 0.3) is 0 Å². The van der Waals surface area contributed by atoms with Crippen molar-refractivity contribution >= 4 is 11.8 Å². The first-order chi connectivity index (χ1) is 7.83. The highest BCUT2D eigenvalue weighted by Crippen LogP contribution is 2.30. The molecule has 1 aromatic heterocycles. The number of imidazole rings is 1. The van der Waals surface area contributed by atoms with E-state index in [4.69, 9.17) is 0 Å². The average Bonchev–Trinajstić information content (AvgIpc) is 2.89. The second-order valence-corrected chi connectivity index (χ2v) is 6.66. The zero-order chi connectivity index (χ0) is 11.0. The topological polar surface area (TPSA) is 17.8 Å². The lowest BCUT2D eigenvalue weighted by atomic mass is 9.98. The normalized spacial score (nSPS) is 29.3. The molecule has 0 aromatic carbocycles. The molecule has 0 bridgehead atoms. The van der Waals surface area contributed by atoms with E-state index in [-0.39, 0.29) is 0 Å². The SMILES string of the molecule is CC1CCn2c(cnc2CC2CCCS2)C1. The molecule has 2 aliphatic rings. The summed E-state index contributed by atoms with van der Waals surface area (Å²) < 4.78 is 2.48. The monoisotopic (exact) mass is 236 g/mol. The summed E-state index contributed by atoms with van der Waals surface area (Å²) >= 11 is 2.14. The number of aromatic nitrogens is 2. The largest absolute Gasteiger partial charge is 0.332 e. The lowest BCUT2D eigenvalue weighted by Crippen LogP contribution is -2.19. The van der Waals surface area contributed by atoms with Crippen molar-refractivity contribution in [3.05, 3.63) is 17.7 Å². The van der Waals surface area contributed by atoms with Gasteiger partial charge in [0.25, 0.3) is 0 Å². The first kappa shape index (κ1) is 10.7.